The predicted molar refractivity (Wildman–Crippen MR) is 115 cm³/mol. The maximum atomic E-state index is 12.6. The highest BCUT2D eigenvalue weighted by atomic mass is 16.5. The van der Waals surface area contributed by atoms with E-state index in [2.05, 4.69) is 5.32 Å². The number of benzene rings is 2. The number of carbonyl (C=O) groups excluding carboxylic acids is 3. The fraction of sp³-hybridized carbons (Fsp3) is 0.348. The van der Waals surface area contributed by atoms with Gasteiger partial charge in [0.1, 0.15) is 12.3 Å². The number of Topliss-reactive ketones (excluding diaryl/α,β-unsaturated/α-hetero) is 1. The van der Waals surface area contributed by atoms with E-state index in [1.165, 1.54) is 11.8 Å². The van der Waals surface area contributed by atoms with Crippen LogP contribution in [0.2, 0.25) is 0 Å². The average molecular weight is 426 g/mol. The van der Waals surface area contributed by atoms with Crippen molar-refractivity contribution < 1.29 is 28.6 Å². The van der Waals surface area contributed by atoms with Crippen LogP contribution in [0.15, 0.2) is 36.4 Å². The van der Waals surface area contributed by atoms with Gasteiger partial charge in [-0.1, -0.05) is 6.07 Å². The molecule has 164 valence electrons. The summed E-state index contributed by atoms with van der Waals surface area (Å²) >= 11 is 0. The first-order valence-corrected chi connectivity index (χ1v) is 9.94. The molecule has 0 spiro atoms. The number of rotatable bonds is 8. The molecule has 2 aromatic rings. The zero-order valence-electron chi connectivity index (χ0n) is 18.1. The van der Waals surface area contributed by atoms with E-state index in [0.29, 0.717) is 41.5 Å². The molecule has 1 atom stereocenters. The molecule has 0 aliphatic carbocycles. The van der Waals surface area contributed by atoms with Gasteiger partial charge in [-0.15, -0.1) is 0 Å². The fourth-order valence-electron chi connectivity index (χ4n) is 3.37. The summed E-state index contributed by atoms with van der Waals surface area (Å²) in [7, 11) is 3.14. The van der Waals surface area contributed by atoms with Crippen molar-refractivity contribution in [3.63, 3.8) is 0 Å². The second-order valence-electron chi connectivity index (χ2n) is 7.21. The standard InChI is InChI=1S/C23H26N2O6/c1-14(26)17-6-8-19-18(12-17)25(23(28)15(2)31-19)13-22(27)24-10-9-16-5-7-20(29-3)21(11-16)30-4/h5-8,11-12,15H,9-10,13H2,1-4H3,(H,24,27). The van der Waals surface area contributed by atoms with Gasteiger partial charge in [0.2, 0.25) is 5.91 Å². The minimum absolute atomic E-state index is 0.131. The van der Waals surface area contributed by atoms with Gasteiger partial charge in [-0.05, 0) is 56.2 Å². The Hall–Kier alpha value is -3.55. The van der Waals surface area contributed by atoms with Gasteiger partial charge in [-0.3, -0.25) is 19.3 Å². The molecule has 0 saturated carbocycles. The quantitative estimate of drug-likeness (QED) is 0.652. The first-order valence-electron chi connectivity index (χ1n) is 9.94. The van der Waals surface area contributed by atoms with Crippen LogP contribution in [0.4, 0.5) is 5.69 Å². The summed E-state index contributed by atoms with van der Waals surface area (Å²) in [6, 6.07) is 10.5. The maximum absolute atomic E-state index is 12.6. The number of nitrogens with one attached hydrogen (secondary N) is 1. The van der Waals surface area contributed by atoms with Crippen LogP contribution in [-0.2, 0) is 16.0 Å². The Labute approximate surface area is 181 Å². The second-order valence-corrected chi connectivity index (χ2v) is 7.21. The summed E-state index contributed by atoms with van der Waals surface area (Å²) in [4.78, 5) is 38.3. The lowest BCUT2D eigenvalue weighted by molar-refractivity contribution is -0.128. The van der Waals surface area contributed by atoms with Gasteiger partial charge in [-0.2, -0.15) is 0 Å². The maximum Gasteiger partial charge on any atom is 0.268 e. The number of methoxy groups -OCH3 is 2. The van der Waals surface area contributed by atoms with Crippen LogP contribution in [0.5, 0.6) is 17.2 Å². The van der Waals surface area contributed by atoms with Gasteiger partial charge >= 0.3 is 0 Å². The van der Waals surface area contributed by atoms with Gasteiger partial charge in [0, 0.05) is 12.1 Å². The van der Waals surface area contributed by atoms with Crippen molar-refractivity contribution in [2.75, 3.05) is 32.2 Å². The number of hydrogen-bond acceptors (Lipinski definition) is 6. The van der Waals surface area contributed by atoms with E-state index < -0.39 is 6.10 Å². The van der Waals surface area contributed by atoms with Crippen molar-refractivity contribution in [2.45, 2.75) is 26.4 Å². The molecule has 0 saturated heterocycles. The van der Waals surface area contributed by atoms with Gasteiger partial charge in [-0.25, -0.2) is 0 Å². The van der Waals surface area contributed by atoms with Crippen molar-refractivity contribution in [1.82, 2.24) is 5.32 Å². The molecule has 1 aliphatic rings. The lowest BCUT2D eigenvalue weighted by atomic mass is 10.1. The molecule has 0 aromatic heterocycles. The molecule has 3 rings (SSSR count). The van der Waals surface area contributed by atoms with Crippen molar-refractivity contribution in [2.24, 2.45) is 0 Å². The molecule has 0 radical (unpaired) electrons. The number of ketones is 1. The number of amides is 2. The Kier molecular flexibility index (Phi) is 6.79. The molecule has 0 fully saturated rings. The minimum Gasteiger partial charge on any atom is -0.493 e. The summed E-state index contributed by atoms with van der Waals surface area (Å²) < 4.78 is 16.1. The molecule has 1 aliphatic heterocycles. The first kappa shape index (κ1) is 22.1. The van der Waals surface area contributed by atoms with Crippen molar-refractivity contribution >= 4 is 23.3 Å². The van der Waals surface area contributed by atoms with Crippen LogP contribution in [-0.4, -0.2) is 51.0 Å². The highest BCUT2D eigenvalue weighted by Crippen LogP contribution is 2.35. The van der Waals surface area contributed by atoms with Gasteiger partial charge in [0.15, 0.2) is 23.4 Å². The van der Waals surface area contributed by atoms with Gasteiger partial charge in [0.05, 0.1) is 19.9 Å². The Morgan fingerprint density at radius 3 is 2.52 bits per heavy atom. The van der Waals surface area contributed by atoms with E-state index in [-0.39, 0.29) is 24.1 Å². The van der Waals surface area contributed by atoms with Crippen LogP contribution < -0.4 is 24.4 Å². The molecule has 1 heterocycles. The Bertz CT molecular complexity index is 1000. The van der Waals surface area contributed by atoms with Crippen molar-refractivity contribution in [3.8, 4) is 17.2 Å². The Balaban J connectivity index is 1.66. The van der Waals surface area contributed by atoms with Crippen LogP contribution in [0.3, 0.4) is 0 Å². The number of fused-ring (bicyclic) bond motifs is 1. The topological polar surface area (TPSA) is 94.2 Å². The number of anilines is 1. The normalized spacial score (nSPS) is 15.0. The molecule has 31 heavy (non-hydrogen) atoms. The molecule has 0 bridgehead atoms. The Morgan fingerprint density at radius 2 is 1.84 bits per heavy atom. The van der Waals surface area contributed by atoms with E-state index >= 15 is 0 Å². The van der Waals surface area contributed by atoms with Gasteiger partial charge in [0.25, 0.3) is 5.91 Å². The SMILES string of the molecule is COc1ccc(CCNC(=O)CN2C(=O)C(C)Oc3ccc(C(C)=O)cc32)cc1OC. The monoisotopic (exact) mass is 426 g/mol. The lowest BCUT2D eigenvalue weighted by Crippen LogP contribution is -2.49. The zero-order valence-corrected chi connectivity index (χ0v) is 18.1. The molecule has 8 nitrogen and oxygen atoms in total. The number of hydrogen-bond donors (Lipinski definition) is 1. The van der Waals surface area contributed by atoms with Crippen molar-refractivity contribution in [1.29, 1.82) is 0 Å². The second kappa shape index (κ2) is 9.51. The third kappa shape index (κ3) is 4.96. The van der Waals surface area contributed by atoms with Crippen LogP contribution in [0, 0.1) is 0 Å². The summed E-state index contributed by atoms with van der Waals surface area (Å²) in [5, 5.41) is 2.84. The summed E-state index contributed by atoms with van der Waals surface area (Å²) in [6.45, 7) is 3.31. The highest BCUT2D eigenvalue weighted by Gasteiger charge is 2.33. The zero-order chi connectivity index (χ0) is 22.5. The van der Waals surface area contributed by atoms with Gasteiger partial charge < -0.3 is 19.5 Å². The van der Waals surface area contributed by atoms with E-state index in [1.54, 1.807) is 39.3 Å². The smallest absolute Gasteiger partial charge is 0.268 e. The molecule has 1 N–H and O–H groups in total. The third-order valence-corrected chi connectivity index (χ3v) is 5.06. The lowest BCUT2D eigenvalue weighted by Gasteiger charge is -2.32. The molecule has 2 aromatic carbocycles. The first-order chi connectivity index (χ1) is 14.8. The summed E-state index contributed by atoms with van der Waals surface area (Å²) in [5.74, 6) is 0.963. The molecule has 8 heteroatoms. The highest BCUT2D eigenvalue weighted by molar-refractivity contribution is 6.05. The molecule has 1 unspecified atom stereocenters. The minimum atomic E-state index is -0.713. The predicted octanol–water partition coefficient (Wildman–Crippen LogP) is 2.38. The van der Waals surface area contributed by atoms with Crippen LogP contribution in [0.25, 0.3) is 0 Å². The number of carbonyl (C=O) groups is 3. The third-order valence-electron chi connectivity index (χ3n) is 5.06. The van der Waals surface area contributed by atoms with Crippen LogP contribution >= 0.6 is 0 Å². The van der Waals surface area contributed by atoms with Crippen LogP contribution in [0.1, 0.15) is 29.8 Å². The van der Waals surface area contributed by atoms with Crippen molar-refractivity contribution in [3.05, 3.63) is 47.5 Å². The van der Waals surface area contributed by atoms with E-state index in [1.807, 2.05) is 18.2 Å². The molecular formula is C23H26N2O6. The van der Waals surface area contributed by atoms with E-state index in [9.17, 15) is 14.4 Å². The summed E-state index contributed by atoms with van der Waals surface area (Å²) in [6.07, 6.45) is -0.125. The molecular weight excluding hydrogens is 400 g/mol. The van der Waals surface area contributed by atoms with E-state index in [4.69, 9.17) is 14.2 Å². The Morgan fingerprint density at radius 1 is 1.10 bits per heavy atom. The van der Waals surface area contributed by atoms with E-state index in [0.717, 1.165) is 5.56 Å². The molecule has 2 amide bonds. The number of ether oxygens (including phenoxy) is 3. The fourth-order valence-corrected chi connectivity index (χ4v) is 3.37. The average Bonchev–Trinajstić information content (AvgIpc) is 2.76. The largest absolute Gasteiger partial charge is 0.493 e. The number of nitrogens with zero attached hydrogens (tertiary/aromatic N) is 1. The summed E-state index contributed by atoms with van der Waals surface area (Å²) in [5.41, 5.74) is 1.85.